The molecule has 1 aromatic rings. The van der Waals surface area contributed by atoms with Crippen LogP contribution in [0.2, 0.25) is 0 Å². The third-order valence-corrected chi connectivity index (χ3v) is 3.13. The molecule has 0 bridgehead atoms. The topological polar surface area (TPSA) is 68.0 Å². The fourth-order valence-corrected chi connectivity index (χ4v) is 1.53. The van der Waals surface area contributed by atoms with Crippen molar-refractivity contribution in [3.8, 4) is 0 Å². The lowest BCUT2D eigenvalue weighted by atomic mass is 9.94. The van der Waals surface area contributed by atoms with E-state index in [1.165, 1.54) is 0 Å². The zero-order chi connectivity index (χ0) is 12.7. The zero-order valence-electron chi connectivity index (χ0n) is 11.0. The van der Waals surface area contributed by atoms with Crippen molar-refractivity contribution in [3.63, 3.8) is 0 Å². The fourth-order valence-electron chi connectivity index (χ4n) is 1.53. The summed E-state index contributed by atoms with van der Waals surface area (Å²) in [5.74, 6) is -0.00488. The quantitative estimate of drug-likeness (QED) is 0.827. The van der Waals surface area contributed by atoms with Crippen LogP contribution in [0.1, 0.15) is 32.3 Å². The lowest BCUT2D eigenvalue weighted by Crippen LogP contribution is -2.49. The maximum atomic E-state index is 11.7. The maximum Gasteiger partial charge on any atom is 0.224 e. The van der Waals surface area contributed by atoms with Gasteiger partial charge in [-0.2, -0.15) is 0 Å². The summed E-state index contributed by atoms with van der Waals surface area (Å²) >= 11 is 0. The number of hydrogen-bond donors (Lipinski definition) is 2. The second-order valence-corrected chi connectivity index (χ2v) is 4.38. The minimum atomic E-state index is -0.287. The largest absolute Gasteiger partial charge is 0.354 e. The van der Waals surface area contributed by atoms with Gasteiger partial charge in [0.1, 0.15) is 0 Å². The summed E-state index contributed by atoms with van der Waals surface area (Å²) in [5.41, 5.74) is 6.74. The van der Waals surface area contributed by atoms with Crippen molar-refractivity contribution in [2.45, 2.75) is 38.6 Å². The minimum Gasteiger partial charge on any atom is -0.354 e. The van der Waals surface area contributed by atoms with Crippen LogP contribution in [0.4, 0.5) is 0 Å². The van der Waals surface area contributed by atoms with Crippen molar-refractivity contribution >= 4 is 18.3 Å². The second-order valence-electron chi connectivity index (χ2n) is 4.38. The smallest absolute Gasteiger partial charge is 0.224 e. The van der Waals surface area contributed by atoms with Crippen molar-refractivity contribution in [1.29, 1.82) is 0 Å². The number of nitrogens with one attached hydrogen (secondary N) is 1. The van der Waals surface area contributed by atoms with E-state index in [-0.39, 0.29) is 23.9 Å². The molecule has 0 radical (unpaired) electrons. The van der Waals surface area contributed by atoms with Gasteiger partial charge in [0, 0.05) is 24.5 Å². The van der Waals surface area contributed by atoms with Gasteiger partial charge in [-0.1, -0.05) is 19.9 Å². The molecule has 0 aliphatic carbocycles. The first-order chi connectivity index (χ1) is 8.09. The minimum absolute atomic E-state index is 0. The van der Waals surface area contributed by atoms with Gasteiger partial charge in [0.25, 0.3) is 0 Å². The molecule has 0 unspecified atom stereocenters. The molecule has 3 N–H and O–H groups in total. The van der Waals surface area contributed by atoms with E-state index in [9.17, 15) is 4.79 Å². The highest BCUT2D eigenvalue weighted by Crippen LogP contribution is 2.09. The number of carbonyl (C=O) groups is 1. The molecule has 0 fully saturated rings. The fraction of sp³-hybridized carbons (Fsp3) is 0.538. The molecule has 1 rings (SSSR count). The van der Waals surface area contributed by atoms with Gasteiger partial charge < -0.3 is 11.1 Å². The van der Waals surface area contributed by atoms with Gasteiger partial charge in [-0.05, 0) is 24.5 Å². The Hall–Kier alpha value is -1.13. The van der Waals surface area contributed by atoms with E-state index in [2.05, 4.69) is 10.3 Å². The summed E-state index contributed by atoms with van der Waals surface area (Å²) in [6.45, 7) is 4.60. The van der Waals surface area contributed by atoms with Crippen LogP contribution in [0, 0.1) is 0 Å². The zero-order valence-corrected chi connectivity index (χ0v) is 11.8. The van der Waals surface area contributed by atoms with Crippen molar-refractivity contribution in [3.05, 3.63) is 30.1 Å². The first-order valence-electron chi connectivity index (χ1n) is 6.04. The average Bonchev–Trinajstić information content (AvgIpc) is 2.37. The molecule has 0 aromatic carbocycles. The molecular formula is C13H22ClN3O. The molecule has 0 aliphatic rings. The Morgan fingerprint density at radius 2 is 2.11 bits per heavy atom. The molecule has 1 amide bonds. The number of carbonyl (C=O) groups excluding carboxylic acids is 1. The number of aromatic nitrogens is 1. The highest BCUT2D eigenvalue weighted by Gasteiger charge is 2.20. The van der Waals surface area contributed by atoms with E-state index >= 15 is 0 Å². The Bertz CT molecular complexity index is 353. The van der Waals surface area contributed by atoms with E-state index in [0.717, 1.165) is 18.4 Å². The Balaban J connectivity index is 0.00000289. The molecule has 0 saturated carbocycles. The molecule has 4 nitrogen and oxygen atoms in total. The first-order valence-corrected chi connectivity index (χ1v) is 6.04. The van der Waals surface area contributed by atoms with Crippen LogP contribution in [0.15, 0.2) is 24.5 Å². The van der Waals surface area contributed by atoms with Gasteiger partial charge in [-0.3, -0.25) is 9.78 Å². The van der Waals surface area contributed by atoms with Gasteiger partial charge >= 0.3 is 0 Å². The second kappa shape index (κ2) is 8.06. The van der Waals surface area contributed by atoms with Crippen molar-refractivity contribution in [1.82, 2.24) is 10.3 Å². The predicted octanol–water partition coefficient (Wildman–Crippen LogP) is 1.68. The normalized spacial score (nSPS) is 10.6. The molecule has 1 heterocycles. The Morgan fingerprint density at radius 1 is 1.44 bits per heavy atom. The molecule has 1 aromatic heterocycles. The van der Waals surface area contributed by atoms with Gasteiger partial charge in [-0.15, -0.1) is 12.4 Å². The number of nitrogens with zero attached hydrogens (tertiary/aromatic N) is 1. The standard InChI is InChI=1S/C13H21N3O.ClH/c1-3-13(14,4-2)10-16-12(17)8-11-6-5-7-15-9-11;/h5-7,9H,3-4,8,10,14H2,1-2H3,(H,16,17);1H. The van der Waals surface area contributed by atoms with E-state index < -0.39 is 0 Å². The van der Waals surface area contributed by atoms with Gasteiger partial charge in [0.05, 0.1) is 6.42 Å². The van der Waals surface area contributed by atoms with Crippen LogP contribution in [-0.2, 0) is 11.2 Å². The van der Waals surface area contributed by atoms with E-state index in [4.69, 9.17) is 5.73 Å². The number of nitrogens with two attached hydrogens (primary N) is 1. The highest BCUT2D eigenvalue weighted by atomic mass is 35.5. The number of pyridine rings is 1. The number of halogens is 1. The van der Waals surface area contributed by atoms with Crippen LogP contribution < -0.4 is 11.1 Å². The summed E-state index contributed by atoms with van der Waals surface area (Å²) in [7, 11) is 0. The van der Waals surface area contributed by atoms with Crippen LogP contribution in [0.3, 0.4) is 0 Å². The average molecular weight is 272 g/mol. The molecule has 0 saturated heterocycles. The summed E-state index contributed by atoms with van der Waals surface area (Å²) in [6, 6.07) is 3.72. The molecule has 18 heavy (non-hydrogen) atoms. The molecule has 0 aliphatic heterocycles. The molecular weight excluding hydrogens is 250 g/mol. The Labute approximate surface area is 115 Å². The highest BCUT2D eigenvalue weighted by molar-refractivity contribution is 5.85. The summed E-state index contributed by atoms with van der Waals surface area (Å²) in [6.07, 6.45) is 5.47. The summed E-state index contributed by atoms with van der Waals surface area (Å²) in [4.78, 5) is 15.7. The summed E-state index contributed by atoms with van der Waals surface area (Å²) in [5, 5.41) is 2.88. The predicted molar refractivity (Wildman–Crippen MR) is 75.7 cm³/mol. The number of hydrogen-bond acceptors (Lipinski definition) is 3. The monoisotopic (exact) mass is 271 g/mol. The van der Waals surface area contributed by atoms with Gasteiger partial charge in [-0.25, -0.2) is 0 Å². The van der Waals surface area contributed by atoms with Crippen LogP contribution in [-0.4, -0.2) is 23.0 Å². The lowest BCUT2D eigenvalue weighted by Gasteiger charge is -2.26. The van der Waals surface area contributed by atoms with Crippen LogP contribution in [0.25, 0.3) is 0 Å². The maximum absolute atomic E-state index is 11.7. The molecule has 102 valence electrons. The molecule has 0 spiro atoms. The van der Waals surface area contributed by atoms with E-state index in [1.807, 2.05) is 26.0 Å². The van der Waals surface area contributed by atoms with Gasteiger partial charge in [0.2, 0.25) is 5.91 Å². The van der Waals surface area contributed by atoms with Crippen molar-refractivity contribution < 1.29 is 4.79 Å². The third-order valence-electron chi connectivity index (χ3n) is 3.13. The Morgan fingerprint density at radius 3 is 2.61 bits per heavy atom. The lowest BCUT2D eigenvalue weighted by molar-refractivity contribution is -0.120. The van der Waals surface area contributed by atoms with Crippen molar-refractivity contribution in [2.24, 2.45) is 5.73 Å². The summed E-state index contributed by atoms with van der Waals surface area (Å²) < 4.78 is 0. The van der Waals surface area contributed by atoms with Gasteiger partial charge in [0.15, 0.2) is 0 Å². The third kappa shape index (κ3) is 5.47. The number of amides is 1. The van der Waals surface area contributed by atoms with Crippen LogP contribution >= 0.6 is 12.4 Å². The number of rotatable bonds is 6. The first kappa shape index (κ1) is 16.9. The SMILES string of the molecule is CCC(N)(CC)CNC(=O)Cc1cccnc1.Cl. The van der Waals surface area contributed by atoms with Crippen LogP contribution in [0.5, 0.6) is 0 Å². The van der Waals surface area contributed by atoms with Crippen molar-refractivity contribution in [2.75, 3.05) is 6.54 Å². The van der Waals surface area contributed by atoms with E-state index in [1.54, 1.807) is 12.4 Å². The molecule has 5 heteroatoms. The van der Waals surface area contributed by atoms with E-state index in [0.29, 0.717) is 13.0 Å². The Kier molecular flexibility index (Phi) is 7.55. The molecule has 0 atom stereocenters.